The highest BCUT2D eigenvalue weighted by atomic mass is 79.9. The van der Waals surface area contributed by atoms with Gasteiger partial charge in [-0.1, -0.05) is 15.9 Å². The van der Waals surface area contributed by atoms with Gasteiger partial charge in [0.05, 0.1) is 18.4 Å². The molecule has 2 aromatic rings. The van der Waals surface area contributed by atoms with Crippen LogP contribution in [-0.4, -0.2) is 18.2 Å². The van der Waals surface area contributed by atoms with Gasteiger partial charge in [-0.25, -0.2) is 4.79 Å². The van der Waals surface area contributed by atoms with E-state index in [9.17, 15) is 9.90 Å². The number of nitrogens with one attached hydrogen (secondary N) is 1. The molecule has 0 aliphatic heterocycles. The van der Waals surface area contributed by atoms with Gasteiger partial charge in [-0.05, 0) is 30.3 Å². The average Bonchev–Trinajstić information content (AvgIpc) is 2.40. The number of methoxy groups -OCH3 is 1. The lowest BCUT2D eigenvalue weighted by molar-refractivity contribution is 0.0698. The second-order valence-electron chi connectivity index (χ2n) is 4.11. The highest BCUT2D eigenvalue weighted by Gasteiger charge is 2.11. The maximum Gasteiger partial charge on any atom is 0.337 e. The number of hydrogen-bond donors (Lipinski definition) is 3. The van der Waals surface area contributed by atoms with Gasteiger partial charge in [0, 0.05) is 21.9 Å². The minimum absolute atomic E-state index is 0.115. The molecular weight excluding hydrogens is 324 g/mol. The van der Waals surface area contributed by atoms with Gasteiger partial charge in [-0.3, -0.25) is 0 Å². The van der Waals surface area contributed by atoms with E-state index in [1.807, 2.05) is 12.1 Å². The standard InChI is InChI=1S/C14H13BrN2O3/c1-20-11-5-8(15)4-10(7-11)17-13-3-2-9(16)6-12(13)14(18)19/h2-7,17H,16H2,1H3,(H,18,19). The Morgan fingerprint density at radius 1 is 1.30 bits per heavy atom. The first-order valence-corrected chi connectivity index (χ1v) is 6.53. The fourth-order valence-electron chi connectivity index (χ4n) is 1.76. The smallest absolute Gasteiger partial charge is 0.337 e. The molecule has 0 amide bonds. The van der Waals surface area contributed by atoms with E-state index in [4.69, 9.17) is 10.5 Å². The number of nitrogens with two attached hydrogens (primary N) is 1. The van der Waals surface area contributed by atoms with Crippen LogP contribution in [-0.2, 0) is 0 Å². The summed E-state index contributed by atoms with van der Waals surface area (Å²) in [5.41, 5.74) is 7.30. The molecule has 20 heavy (non-hydrogen) atoms. The number of carbonyl (C=O) groups is 1. The Labute approximate surface area is 124 Å². The fraction of sp³-hybridized carbons (Fsp3) is 0.0714. The zero-order valence-electron chi connectivity index (χ0n) is 10.7. The lowest BCUT2D eigenvalue weighted by Crippen LogP contribution is -2.04. The minimum atomic E-state index is -1.04. The first-order valence-electron chi connectivity index (χ1n) is 5.74. The van der Waals surface area contributed by atoms with Crippen LogP contribution in [0.5, 0.6) is 5.75 Å². The lowest BCUT2D eigenvalue weighted by Gasteiger charge is -2.12. The topological polar surface area (TPSA) is 84.6 Å². The monoisotopic (exact) mass is 336 g/mol. The van der Waals surface area contributed by atoms with Gasteiger partial charge in [0.2, 0.25) is 0 Å². The van der Waals surface area contributed by atoms with Crippen molar-refractivity contribution in [3.8, 4) is 5.75 Å². The number of nitrogen functional groups attached to an aromatic ring is 1. The first-order chi connectivity index (χ1) is 9.49. The van der Waals surface area contributed by atoms with E-state index in [-0.39, 0.29) is 5.56 Å². The molecule has 2 rings (SSSR count). The maximum absolute atomic E-state index is 11.2. The molecule has 104 valence electrons. The normalized spacial score (nSPS) is 10.1. The molecule has 0 aliphatic rings. The van der Waals surface area contributed by atoms with Gasteiger partial charge in [-0.2, -0.15) is 0 Å². The van der Waals surface area contributed by atoms with E-state index in [0.29, 0.717) is 22.8 Å². The van der Waals surface area contributed by atoms with Gasteiger partial charge < -0.3 is 20.9 Å². The summed E-state index contributed by atoms with van der Waals surface area (Å²) in [6, 6.07) is 10.1. The van der Waals surface area contributed by atoms with E-state index < -0.39 is 5.97 Å². The number of benzene rings is 2. The van der Waals surface area contributed by atoms with Crippen molar-refractivity contribution in [2.24, 2.45) is 0 Å². The van der Waals surface area contributed by atoms with E-state index in [1.165, 1.54) is 6.07 Å². The van der Waals surface area contributed by atoms with Gasteiger partial charge in [0.1, 0.15) is 5.75 Å². The third-order valence-electron chi connectivity index (χ3n) is 2.66. The van der Waals surface area contributed by atoms with Crippen molar-refractivity contribution in [2.45, 2.75) is 0 Å². The van der Waals surface area contributed by atoms with Gasteiger partial charge in [0.15, 0.2) is 0 Å². The summed E-state index contributed by atoms with van der Waals surface area (Å²) in [5, 5.41) is 12.2. The van der Waals surface area contributed by atoms with Crippen molar-refractivity contribution in [3.63, 3.8) is 0 Å². The molecular formula is C14H13BrN2O3. The largest absolute Gasteiger partial charge is 0.497 e. The van der Waals surface area contributed by atoms with Crippen molar-refractivity contribution < 1.29 is 14.6 Å². The highest BCUT2D eigenvalue weighted by Crippen LogP contribution is 2.29. The second-order valence-corrected chi connectivity index (χ2v) is 5.03. The van der Waals surface area contributed by atoms with Crippen LogP contribution in [0.3, 0.4) is 0 Å². The molecule has 0 radical (unpaired) electrons. The lowest BCUT2D eigenvalue weighted by atomic mass is 10.1. The summed E-state index contributed by atoms with van der Waals surface area (Å²) in [4.78, 5) is 11.2. The van der Waals surface area contributed by atoms with Crippen LogP contribution in [0.15, 0.2) is 40.9 Å². The molecule has 0 heterocycles. The van der Waals surface area contributed by atoms with E-state index in [1.54, 1.807) is 25.3 Å². The Hall–Kier alpha value is -2.21. The fourth-order valence-corrected chi connectivity index (χ4v) is 2.23. The van der Waals surface area contributed by atoms with Crippen molar-refractivity contribution >= 4 is 39.0 Å². The maximum atomic E-state index is 11.2. The zero-order valence-corrected chi connectivity index (χ0v) is 12.3. The first kappa shape index (κ1) is 14.2. The number of ether oxygens (including phenoxy) is 1. The quantitative estimate of drug-likeness (QED) is 0.744. The molecule has 0 spiro atoms. The van der Waals surface area contributed by atoms with Crippen LogP contribution in [0, 0.1) is 0 Å². The molecule has 0 saturated carbocycles. The van der Waals surface area contributed by atoms with E-state index in [2.05, 4.69) is 21.2 Å². The molecule has 0 saturated heterocycles. The summed E-state index contributed by atoms with van der Waals surface area (Å²) in [6.07, 6.45) is 0. The second kappa shape index (κ2) is 5.83. The molecule has 0 unspecified atom stereocenters. The molecule has 0 fully saturated rings. The molecule has 2 aromatic carbocycles. The number of carboxylic acid groups (broad SMARTS) is 1. The van der Waals surface area contributed by atoms with Gasteiger partial charge in [-0.15, -0.1) is 0 Å². The van der Waals surface area contributed by atoms with E-state index >= 15 is 0 Å². The number of aromatic carboxylic acids is 1. The number of halogens is 1. The summed E-state index contributed by atoms with van der Waals surface area (Å²) in [7, 11) is 1.57. The Morgan fingerprint density at radius 2 is 2.05 bits per heavy atom. The minimum Gasteiger partial charge on any atom is -0.497 e. The molecule has 0 aromatic heterocycles. The van der Waals surface area contributed by atoms with Crippen LogP contribution < -0.4 is 15.8 Å². The Balaban J connectivity index is 2.39. The highest BCUT2D eigenvalue weighted by molar-refractivity contribution is 9.10. The third-order valence-corrected chi connectivity index (χ3v) is 3.12. The van der Waals surface area contributed by atoms with Crippen molar-refractivity contribution in [1.82, 2.24) is 0 Å². The van der Waals surface area contributed by atoms with Crippen LogP contribution in [0.25, 0.3) is 0 Å². The van der Waals surface area contributed by atoms with Gasteiger partial charge >= 0.3 is 5.97 Å². The molecule has 4 N–H and O–H groups in total. The Bertz CT molecular complexity index is 659. The zero-order chi connectivity index (χ0) is 14.7. The molecule has 0 bridgehead atoms. The summed E-state index contributed by atoms with van der Waals surface area (Å²) in [5.74, 6) is -0.379. The van der Waals surface area contributed by atoms with Crippen LogP contribution in [0.1, 0.15) is 10.4 Å². The summed E-state index contributed by atoms with van der Waals surface area (Å²) in [6.45, 7) is 0. The number of anilines is 3. The number of hydrogen-bond acceptors (Lipinski definition) is 4. The number of rotatable bonds is 4. The third kappa shape index (κ3) is 3.21. The molecule has 0 atom stereocenters. The summed E-state index contributed by atoms with van der Waals surface area (Å²) >= 11 is 3.37. The SMILES string of the molecule is COc1cc(Br)cc(Nc2ccc(N)cc2C(=O)O)c1. The van der Waals surface area contributed by atoms with Crippen molar-refractivity contribution in [1.29, 1.82) is 0 Å². The van der Waals surface area contributed by atoms with Crippen molar-refractivity contribution in [3.05, 3.63) is 46.4 Å². The molecule has 0 aliphatic carbocycles. The van der Waals surface area contributed by atoms with Crippen LogP contribution >= 0.6 is 15.9 Å². The number of carboxylic acids is 1. The average molecular weight is 337 g/mol. The van der Waals surface area contributed by atoms with Crippen molar-refractivity contribution in [2.75, 3.05) is 18.2 Å². The Kier molecular flexibility index (Phi) is 4.14. The Morgan fingerprint density at radius 3 is 2.70 bits per heavy atom. The predicted octanol–water partition coefficient (Wildman–Crippen LogP) is 3.48. The van der Waals surface area contributed by atoms with Crippen LogP contribution in [0.4, 0.5) is 17.1 Å². The summed E-state index contributed by atoms with van der Waals surface area (Å²) < 4.78 is 5.99. The van der Waals surface area contributed by atoms with E-state index in [0.717, 1.165) is 4.47 Å². The predicted molar refractivity (Wildman–Crippen MR) is 81.8 cm³/mol. The van der Waals surface area contributed by atoms with Crippen LogP contribution in [0.2, 0.25) is 0 Å². The molecule has 5 nitrogen and oxygen atoms in total. The van der Waals surface area contributed by atoms with Gasteiger partial charge in [0.25, 0.3) is 0 Å². The molecule has 6 heteroatoms.